The van der Waals surface area contributed by atoms with Gasteiger partial charge in [-0.1, -0.05) is 0 Å². The fraction of sp³-hybridized carbons (Fsp3) is 0.333. The maximum absolute atomic E-state index is 15.7. The third kappa shape index (κ3) is 3.67. The zero-order valence-corrected chi connectivity index (χ0v) is 18.3. The lowest BCUT2D eigenvalue weighted by Crippen LogP contribution is -2.24. The fourth-order valence-corrected chi connectivity index (χ4v) is 4.83. The Morgan fingerprint density at radius 2 is 2.06 bits per heavy atom. The minimum Gasteiger partial charge on any atom is -0.494 e. The second kappa shape index (κ2) is 8.35. The number of methoxy groups -OCH3 is 1. The van der Waals surface area contributed by atoms with Crippen LogP contribution in [-0.4, -0.2) is 46.2 Å². The summed E-state index contributed by atoms with van der Waals surface area (Å²) in [7, 11) is 1.33. The number of carbonyl (C=O) groups is 1. The lowest BCUT2D eigenvalue weighted by atomic mass is 9.89. The molecule has 0 bridgehead atoms. The van der Waals surface area contributed by atoms with E-state index in [9.17, 15) is 14.3 Å². The molecule has 2 aromatic carbocycles. The summed E-state index contributed by atoms with van der Waals surface area (Å²) >= 11 is 0. The third-order valence-corrected chi connectivity index (χ3v) is 6.30. The number of benzene rings is 2. The summed E-state index contributed by atoms with van der Waals surface area (Å²) in [6.45, 7) is 0.793. The number of halogens is 3. The number of H-pyrrole nitrogens is 1. The Hall–Kier alpha value is -3.53. The van der Waals surface area contributed by atoms with Crippen molar-refractivity contribution in [2.24, 2.45) is 0 Å². The van der Waals surface area contributed by atoms with Gasteiger partial charge in [-0.05, 0) is 37.1 Å². The SMILES string of the molecule is COc1cc(-n2c(C3CCOCC3)c(C(F)(F)CC(=O)O)c3cc4[nH]ncc4cc32)ccc1F. The molecule has 34 heavy (non-hydrogen) atoms. The van der Waals surface area contributed by atoms with Gasteiger partial charge in [0.15, 0.2) is 11.6 Å². The van der Waals surface area contributed by atoms with Crippen LogP contribution in [0.5, 0.6) is 5.75 Å². The number of carboxylic acid groups (broad SMARTS) is 1. The van der Waals surface area contributed by atoms with Crippen molar-refractivity contribution in [1.29, 1.82) is 0 Å². The van der Waals surface area contributed by atoms with Crippen molar-refractivity contribution in [2.45, 2.75) is 31.1 Å². The smallest absolute Gasteiger partial charge is 0.309 e. The molecule has 0 amide bonds. The first kappa shape index (κ1) is 22.3. The predicted molar refractivity (Wildman–Crippen MR) is 118 cm³/mol. The third-order valence-electron chi connectivity index (χ3n) is 6.30. The number of aliphatic carboxylic acids is 1. The van der Waals surface area contributed by atoms with Crippen LogP contribution in [0.1, 0.15) is 36.4 Å². The molecule has 2 N–H and O–H groups in total. The number of fused-ring (bicyclic) bond motifs is 2. The van der Waals surface area contributed by atoms with Crippen molar-refractivity contribution in [2.75, 3.05) is 20.3 Å². The van der Waals surface area contributed by atoms with Crippen LogP contribution in [0.3, 0.4) is 0 Å². The van der Waals surface area contributed by atoms with Crippen LogP contribution in [0.15, 0.2) is 36.5 Å². The highest BCUT2D eigenvalue weighted by Crippen LogP contribution is 2.47. The number of aromatic amines is 1. The molecule has 4 aromatic rings. The molecular weight excluding hydrogens is 451 g/mol. The van der Waals surface area contributed by atoms with Crippen LogP contribution < -0.4 is 4.74 Å². The van der Waals surface area contributed by atoms with Gasteiger partial charge < -0.3 is 19.1 Å². The molecule has 3 heterocycles. The average molecular weight is 473 g/mol. The summed E-state index contributed by atoms with van der Waals surface area (Å²) in [5.41, 5.74) is 1.40. The summed E-state index contributed by atoms with van der Waals surface area (Å²) in [5, 5.41) is 17.0. The normalized spacial score (nSPS) is 15.3. The number of carboxylic acids is 1. The highest BCUT2D eigenvalue weighted by Gasteiger charge is 2.43. The first-order valence-electron chi connectivity index (χ1n) is 10.8. The second-order valence-electron chi connectivity index (χ2n) is 8.40. The van der Waals surface area contributed by atoms with Gasteiger partial charge in [0.2, 0.25) is 0 Å². The number of ether oxygens (including phenoxy) is 2. The number of aromatic nitrogens is 3. The molecule has 1 fully saturated rings. The Labute approximate surface area is 192 Å². The van der Waals surface area contributed by atoms with Crippen molar-refractivity contribution >= 4 is 27.8 Å². The molecule has 178 valence electrons. The van der Waals surface area contributed by atoms with Crippen molar-refractivity contribution in [3.63, 3.8) is 0 Å². The zero-order valence-electron chi connectivity index (χ0n) is 18.3. The largest absolute Gasteiger partial charge is 0.494 e. The number of nitrogens with one attached hydrogen (secondary N) is 1. The molecule has 0 spiro atoms. The molecule has 2 aromatic heterocycles. The monoisotopic (exact) mass is 473 g/mol. The highest BCUT2D eigenvalue weighted by molar-refractivity contribution is 5.99. The van der Waals surface area contributed by atoms with Gasteiger partial charge in [0.25, 0.3) is 5.92 Å². The lowest BCUT2D eigenvalue weighted by Gasteiger charge is -2.27. The van der Waals surface area contributed by atoms with Crippen LogP contribution in [0.4, 0.5) is 13.2 Å². The highest BCUT2D eigenvalue weighted by atomic mass is 19.3. The second-order valence-corrected chi connectivity index (χ2v) is 8.40. The van der Waals surface area contributed by atoms with Crippen LogP contribution in [-0.2, 0) is 15.5 Å². The van der Waals surface area contributed by atoms with Gasteiger partial charge in [0.05, 0.1) is 29.9 Å². The van der Waals surface area contributed by atoms with E-state index in [0.717, 1.165) is 0 Å². The molecule has 0 atom stereocenters. The van der Waals surface area contributed by atoms with Gasteiger partial charge >= 0.3 is 5.97 Å². The van der Waals surface area contributed by atoms with Gasteiger partial charge in [0, 0.05) is 47.4 Å². The van der Waals surface area contributed by atoms with Gasteiger partial charge in [0.1, 0.15) is 6.42 Å². The van der Waals surface area contributed by atoms with Crippen molar-refractivity contribution in [3.05, 3.63) is 53.6 Å². The van der Waals surface area contributed by atoms with E-state index in [1.54, 1.807) is 22.9 Å². The van der Waals surface area contributed by atoms with E-state index in [1.165, 1.54) is 25.3 Å². The number of hydrogen-bond acceptors (Lipinski definition) is 4. The summed E-state index contributed by atoms with van der Waals surface area (Å²) in [6.07, 6.45) is 1.21. The maximum atomic E-state index is 15.7. The maximum Gasteiger partial charge on any atom is 0.309 e. The predicted octanol–water partition coefficient (Wildman–Crippen LogP) is 5.12. The van der Waals surface area contributed by atoms with Gasteiger partial charge in [-0.2, -0.15) is 5.10 Å². The molecule has 10 heteroatoms. The molecular formula is C24H22F3N3O4. The minimum atomic E-state index is -3.65. The van der Waals surface area contributed by atoms with E-state index < -0.39 is 24.1 Å². The Morgan fingerprint density at radius 1 is 1.29 bits per heavy atom. The molecule has 0 saturated carbocycles. The van der Waals surface area contributed by atoms with Crippen LogP contribution in [0.25, 0.3) is 27.5 Å². The topological polar surface area (TPSA) is 89.4 Å². The summed E-state index contributed by atoms with van der Waals surface area (Å²) in [4.78, 5) is 11.4. The summed E-state index contributed by atoms with van der Waals surface area (Å²) in [5.74, 6) is -6.18. The molecule has 0 radical (unpaired) electrons. The van der Waals surface area contributed by atoms with Gasteiger partial charge in [-0.3, -0.25) is 9.89 Å². The Bertz CT molecular complexity index is 1390. The average Bonchev–Trinajstić information content (AvgIpc) is 3.39. The minimum absolute atomic E-state index is 0.0273. The Kier molecular flexibility index (Phi) is 5.47. The Morgan fingerprint density at radius 3 is 2.76 bits per heavy atom. The molecule has 1 aliphatic heterocycles. The summed E-state index contributed by atoms with van der Waals surface area (Å²) < 4.78 is 57.8. The quantitative estimate of drug-likeness (QED) is 0.406. The van der Waals surface area contributed by atoms with Crippen LogP contribution in [0, 0.1) is 5.82 Å². The fourth-order valence-electron chi connectivity index (χ4n) is 4.83. The van der Waals surface area contributed by atoms with Crippen molar-refractivity contribution in [1.82, 2.24) is 14.8 Å². The van der Waals surface area contributed by atoms with E-state index in [2.05, 4.69) is 10.2 Å². The number of rotatable bonds is 6. The van der Waals surface area contributed by atoms with E-state index in [-0.39, 0.29) is 22.6 Å². The van der Waals surface area contributed by atoms with E-state index in [4.69, 9.17) is 9.47 Å². The molecule has 5 rings (SSSR count). The Balaban J connectivity index is 1.91. The number of hydrogen-bond donors (Lipinski definition) is 2. The molecule has 0 aliphatic carbocycles. The molecule has 1 aliphatic rings. The van der Waals surface area contributed by atoms with Gasteiger partial charge in [-0.25, -0.2) is 13.2 Å². The standard InChI is InChI=1S/C24H22F3N3O4/c1-33-20-9-15(2-3-17(20)25)30-19-8-14-12-28-29-18(14)10-16(19)22(24(26,27)11-21(31)32)23(30)13-4-6-34-7-5-13/h2-3,8-10,12-13H,4-7,11H2,1H3,(H,28,29)(H,31,32). The lowest BCUT2D eigenvalue weighted by molar-refractivity contribution is -0.145. The van der Waals surface area contributed by atoms with Crippen LogP contribution in [0.2, 0.25) is 0 Å². The van der Waals surface area contributed by atoms with Crippen molar-refractivity contribution < 1.29 is 32.5 Å². The number of nitrogens with zero attached hydrogens (tertiary/aromatic N) is 2. The number of alkyl halides is 2. The first-order chi connectivity index (χ1) is 16.3. The first-order valence-corrected chi connectivity index (χ1v) is 10.8. The van der Waals surface area contributed by atoms with E-state index >= 15 is 8.78 Å². The molecule has 1 saturated heterocycles. The van der Waals surface area contributed by atoms with E-state index in [0.29, 0.717) is 53.9 Å². The zero-order chi connectivity index (χ0) is 24.0. The van der Waals surface area contributed by atoms with Crippen molar-refractivity contribution in [3.8, 4) is 11.4 Å². The molecule has 7 nitrogen and oxygen atoms in total. The van der Waals surface area contributed by atoms with E-state index in [1.807, 2.05) is 0 Å². The summed E-state index contributed by atoms with van der Waals surface area (Å²) in [6, 6.07) is 7.48. The van der Waals surface area contributed by atoms with Gasteiger partial charge in [-0.15, -0.1) is 0 Å². The molecule has 0 unspecified atom stereocenters. The van der Waals surface area contributed by atoms with Crippen LogP contribution >= 0.6 is 0 Å².